The summed E-state index contributed by atoms with van der Waals surface area (Å²) < 4.78 is 0. The highest BCUT2D eigenvalue weighted by molar-refractivity contribution is 6.06. The van der Waals surface area contributed by atoms with E-state index >= 15 is 0 Å². The fourth-order valence-corrected chi connectivity index (χ4v) is 5.54. The fraction of sp³-hybridized carbons (Fsp3) is 0.480. The van der Waals surface area contributed by atoms with Gasteiger partial charge in [0.2, 0.25) is 0 Å². The Kier molecular flexibility index (Phi) is 4.85. The van der Waals surface area contributed by atoms with Gasteiger partial charge in [-0.2, -0.15) is 0 Å². The second kappa shape index (κ2) is 7.02. The standard InChI is InChI=1S/C25H29NO4/c1-24(2)10-16-22(18(27)12-24)21(15-8-6-5-7-9-15)23-17(26(16)14-20(29)30)11-25(3,4)13-19(23)28/h5-9,21H,10-14H2,1-4H3,(H,29,30). The van der Waals surface area contributed by atoms with Crippen molar-refractivity contribution in [3.8, 4) is 0 Å². The van der Waals surface area contributed by atoms with Crippen LogP contribution in [0.15, 0.2) is 52.9 Å². The number of Topliss-reactive ketones (excluding diaryl/α,β-unsaturated/α-hetero) is 2. The van der Waals surface area contributed by atoms with Crippen molar-refractivity contribution >= 4 is 17.5 Å². The minimum Gasteiger partial charge on any atom is -0.544 e. The third kappa shape index (κ3) is 3.56. The van der Waals surface area contributed by atoms with Crippen molar-refractivity contribution in [3.05, 3.63) is 58.4 Å². The number of hydrogen-bond donors (Lipinski definition) is 1. The molecule has 0 spiro atoms. The minimum absolute atomic E-state index is 0.0233. The molecule has 1 aliphatic heterocycles. The first-order valence-electron chi connectivity index (χ1n) is 10.6. The van der Waals surface area contributed by atoms with Crippen molar-refractivity contribution in [3.63, 3.8) is 0 Å². The first-order chi connectivity index (χ1) is 14.0. The highest BCUT2D eigenvalue weighted by Gasteiger charge is 2.52. The van der Waals surface area contributed by atoms with E-state index < -0.39 is 11.9 Å². The molecule has 0 amide bonds. The van der Waals surface area contributed by atoms with Crippen LogP contribution in [0.1, 0.15) is 64.9 Å². The van der Waals surface area contributed by atoms with Crippen LogP contribution in [0.2, 0.25) is 0 Å². The minimum atomic E-state index is -1.17. The molecule has 5 nitrogen and oxygen atoms in total. The van der Waals surface area contributed by atoms with Crippen molar-refractivity contribution in [2.24, 2.45) is 10.8 Å². The molecule has 0 aromatic heterocycles. The number of carboxylic acid groups (broad SMARTS) is 1. The zero-order chi connectivity index (χ0) is 21.8. The molecular formula is C25H29NO4. The van der Waals surface area contributed by atoms with E-state index in [2.05, 4.69) is 0 Å². The number of ketones is 2. The van der Waals surface area contributed by atoms with E-state index in [1.54, 1.807) is 0 Å². The number of carboxylic acids is 1. The summed E-state index contributed by atoms with van der Waals surface area (Å²) in [5.41, 5.74) is 3.34. The maximum atomic E-state index is 13.4. The summed E-state index contributed by atoms with van der Waals surface area (Å²) in [6.07, 6.45) is 2.06. The van der Waals surface area contributed by atoms with Crippen LogP contribution >= 0.6 is 0 Å². The number of benzene rings is 1. The van der Waals surface area contributed by atoms with Gasteiger partial charge in [0.1, 0.15) is 17.9 Å². The first kappa shape index (κ1) is 20.7. The Balaban J connectivity index is 2.00. The number of hydrogen-bond acceptors (Lipinski definition) is 4. The van der Waals surface area contributed by atoms with Crippen molar-refractivity contribution in [2.75, 3.05) is 6.54 Å². The number of rotatable bonds is 3. The lowest BCUT2D eigenvalue weighted by atomic mass is 9.63. The van der Waals surface area contributed by atoms with E-state index in [1.807, 2.05) is 58.0 Å². The van der Waals surface area contributed by atoms with E-state index in [4.69, 9.17) is 0 Å². The molecule has 1 aromatic rings. The van der Waals surface area contributed by atoms with Crippen LogP contribution < -0.4 is 10.0 Å². The zero-order valence-corrected chi connectivity index (χ0v) is 18.1. The van der Waals surface area contributed by atoms with Crippen LogP contribution in [0.4, 0.5) is 0 Å². The van der Waals surface area contributed by atoms with Gasteiger partial charge in [0.05, 0.1) is 23.0 Å². The van der Waals surface area contributed by atoms with Crippen LogP contribution in [-0.2, 0) is 14.4 Å². The first-order valence-corrected chi connectivity index (χ1v) is 10.6. The smallest absolute Gasteiger partial charge is 0.165 e. The van der Waals surface area contributed by atoms with Gasteiger partial charge in [0, 0.05) is 25.7 Å². The lowest BCUT2D eigenvalue weighted by Gasteiger charge is -2.45. The Hall–Kier alpha value is -2.53. The molecule has 0 saturated heterocycles. The molecule has 0 saturated carbocycles. The predicted molar refractivity (Wildman–Crippen MR) is 110 cm³/mol. The summed E-state index contributed by atoms with van der Waals surface area (Å²) in [5.74, 6) is -1.53. The molecular weight excluding hydrogens is 378 g/mol. The van der Waals surface area contributed by atoms with E-state index in [0.29, 0.717) is 41.7 Å². The van der Waals surface area contributed by atoms with Gasteiger partial charge in [0.15, 0.2) is 11.6 Å². The molecule has 0 fully saturated rings. The Labute approximate surface area is 177 Å². The van der Waals surface area contributed by atoms with Crippen LogP contribution in [0.25, 0.3) is 0 Å². The molecule has 3 aliphatic rings. The van der Waals surface area contributed by atoms with Gasteiger partial charge < -0.3 is 9.90 Å². The Morgan fingerprint density at radius 1 is 0.900 bits per heavy atom. The lowest BCUT2D eigenvalue weighted by Crippen LogP contribution is -3.11. The molecule has 2 aliphatic carbocycles. The molecule has 0 bridgehead atoms. The quantitative estimate of drug-likeness (QED) is 0.827. The average Bonchev–Trinajstić information content (AvgIpc) is 2.61. The van der Waals surface area contributed by atoms with E-state index in [1.165, 1.54) is 0 Å². The summed E-state index contributed by atoms with van der Waals surface area (Å²) in [6.45, 7) is 7.92. The molecule has 1 aromatic carbocycles. The number of carbonyl (C=O) groups excluding carboxylic acids is 3. The third-order valence-corrected chi connectivity index (χ3v) is 6.60. The zero-order valence-electron chi connectivity index (χ0n) is 18.1. The highest BCUT2D eigenvalue weighted by atomic mass is 16.4. The monoisotopic (exact) mass is 407 g/mol. The number of aliphatic carboxylic acids is 1. The van der Waals surface area contributed by atoms with Gasteiger partial charge in [-0.15, -0.1) is 0 Å². The maximum Gasteiger partial charge on any atom is 0.165 e. The Bertz CT molecular complexity index is 943. The van der Waals surface area contributed by atoms with Crippen LogP contribution in [0, 0.1) is 10.8 Å². The third-order valence-electron chi connectivity index (χ3n) is 6.60. The number of allylic oxidation sites excluding steroid dienone is 4. The van der Waals surface area contributed by atoms with Crippen molar-refractivity contribution < 1.29 is 24.4 Å². The van der Waals surface area contributed by atoms with Crippen LogP contribution in [-0.4, -0.2) is 24.1 Å². The Morgan fingerprint density at radius 3 is 1.80 bits per heavy atom. The second-order valence-corrected chi connectivity index (χ2v) is 10.5. The number of quaternary nitrogens is 1. The molecule has 5 heteroatoms. The van der Waals surface area contributed by atoms with Crippen molar-refractivity contribution in [1.82, 2.24) is 0 Å². The summed E-state index contributed by atoms with van der Waals surface area (Å²) in [6, 6.07) is 9.69. The molecule has 0 unspecified atom stereocenters. The van der Waals surface area contributed by atoms with Gasteiger partial charge in [-0.3, -0.25) is 14.5 Å². The SMILES string of the molecule is CC1(C)CC(=O)C2=C(C1)[NH+](CC(=O)[O-])C1=C(C(=O)CC(C)(C)C1)C2c1ccccc1. The lowest BCUT2D eigenvalue weighted by molar-refractivity contribution is -0.821. The second-order valence-electron chi connectivity index (χ2n) is 10.5. The number of nitrogens with one attached hydrogen (secondary N) is 1. The van der Waals surface area contributed by atoms with Gasteiger partial charge in [-0.25, -0.2) is 0 Å². The summed E-state index contributed by atoms with van der Waals surface area (Å²) in [7, 11) is 0. The molecule has 30 heavy (non-hydrogen) atoms. The van der Waals surface area contributed by atoms with Gasteiger partial charge in [0.25, 0.3) is 0 Å². The van der Waals surface area contributed by atoms with Crippen LogP contribution in [0.3, 0.4) is 0 Å². The molecule has 4 rings (SSSR count). The van der Waals surface area contributed by atoms with Gasteiger partial charge in [-0.1, -0.05) is 58.0 Å². The molecule has 1 heterocycles. The summed E-state index contributed by atoms with van der Waals surface area (Å²) in [5, 5.41) is 11.7. The molecule has 158 valence electrons. The largest absolute Gasteiger partial charge is 0.544 e. The Morgan fingerprint density at radius 2 is 1.37 bits per heavy atom. The highest BCUT2D eigenvalue weighted by Crippen LogP contribution is 2.49. The normalized spacial score (nSPS) is 27.6. The van der Waals surface area contributed by atoms with E-state index in [9.17, 15) is 19.5 Å². The van der Waals surface area contributed by atoms with Crippen molar-refractivity contribution in [2.45, 2.75) is 59.3 Å². The van der Waals surface area contributed by atoms with Gasteiger partial charge in [-0.05, 0) is 16.4 Å². The van der Waals surface area contributed by atoms with E-state index in [-0.39, 0.29) is 28.9 Å². The molecule has 0 atom stereocenters. The predicted octanol–water partition coefficient (Wildman–Crippen LogP) is 1.71. The van der Waals surface area contributed by atoms with Crippen LogP contribution in [0.5, 0.6) is 0 Å². The fourth-order valence-electron chi connectivity index (χ4n) is 5.54. The number of carbonyl (C=O) groups is 3. The average molecular weight is 408 g/mol. The molecule has 0 radical (unpaired) electrons. The molecule has 1 N–H and O–H groups in total. The van der Waals surface area contributed by atoms with Gasteiger partial charge >= 0.3 is 0 Å². The topological polar surface area (TPSA) is 78.7 Å². The van der Waals surface area contributed by atoms with E-state index in [0.717, 1.165) is 17.0 Å². The summed E-state index contributed by atoms with van der Waals surface area (Å²) >= 11 is 0. The summed E-state index contributed by atoms with van der Waals surface area (Å²) in [4.78, 5) is 39.2. The maximum absolute atomic E-state index is 13.4. The van der Waals surface area contributed by atoms with Crippen molar-refractivity contribution in [1.29, 1.82) is 0 Å².